The molecule has 2 aromatic carbocycles. The smallest absolute Gasteiger partial charge is 0.278 e. The van der Waals surface area contributed by atoms with E-state index in [9.17, 15) is 13.2 Å². The molecule has 31 heavy (non-hydrogen) atoms. The second-order valence-corrected chi connectivity index (χ2v) is 7.43. The minimum atomic E-state index is -4.46. The number of pyridine rings is 1. The van der Waals surface area contributed by atoms with Crippen LogP contribution in [0.2, 0.25) is 10.2 Å². The van der Waals surface area contributed by atoms with Crippen molar-refractivity contribution in [3.05, 3.63) is 81.7 Å². The first-order chi connectivity index (χ1) is 14.7. The summed E-state index contributed by atoms with van der Waals surface area (Å²) >= 11 is 12.4. The number of fused-ring (bicyclic) bond motifs is 1. The van der Waals surface area contributed by atoms with Crippen molar-refractivity contribution in [3.63, 3.8) is 0 Å². The summed E-state index contributed by atoms with van der Waals surface area (Å²) in [6, 6.07) is 11.9. The van der Waals surface area contributed by atoms with Gasteiger partial charge in [-0.3, -0.25) is 10.4 Å². The van der Waals surface area contributed by atoms with Gasteiger partial charge in [0.15, 0.2) is 0 Å². The van der Waals surface area contributed by atoms with E-state index in [1.807, 2.05) is 6.07 Å². The molecule has 5 nitrogen and oxygen atoms in total. The van der Waals surface area contributed by atoms with Gasteiger partial charge >= 0.3 is 6.18 Å². The van der Waals surface area contributed by atoms with Crippen molar-refractivity contribution in [3.8, 4) is 5.69 Å². The van der Waals surface area contributed by atoms with Crippen LogP contribution in [0, 0.1) is 6.92 Å². The SMILES string of the molecule is Cc1nn(-c2cccc(C(F)(F)F)c2)c(Cl)c1/C=N\Nc1ccnc2cc(Cl)ccc12. The predicted molar refractivity (Wildman–Crippen MR) is 116 cm³/mol. The molecule has 4 rings (SSSR count). The number of benzene rings is 2. The van der Waals surface area contributed by atoms with Gasteiger partial charge in [0.2, 0.25) is 0 Å². The van der Waals surface area contributed by atoms with E-state index in [-0.39, 0.29) is 10.8 Å². The average molecular weight is 464 g/mol. The molecule has 0 saturated carbocycles. The normalized spacial score (nSPS) is 12.1. The number of nitrogens with one attached hydrogen (secondary N) is 1. The first kappa shape index (κ1) is 21.1. The van der Waals surface area contributed by atoms with E-state index in [0.29, 0.717) is 27.5 Å². The molecule has 0 aliphatic carbocycles. The third kappa shape index (κ3) is 4.35. The van der Waals surface area contributed by atoms with E-state index in [1.54, 1.807) is 31.3 Å². The number of hydrazone groups is 1. The van der Waals surface area contributed by atoms with E-state index >= 15 is 0 Å². The van der Waals surface area contributed by atoms with Crippen molar-refractivity contribution in [1.29, 1.82) is 0 Å². The van der Waals surface area contributed by atoms with Crippen LogP contribution in [0.25, 0.3) is 16.6 Å². The van der Waals surface area contributed by atoms with E-state index in [2.05, 4.69) is 20.6 Å². The Labute approximate surface area is 185 Å². The molecule has 0 aliphatic rings. The second-order valence-electron chi connectivity index (χ2n) is 6.64. The number of hydrogen-bond donors (Lipinski definition) is 1. The number of aromatic nitrogens is 3. The highest BCUT2D eigenvalue weighted by molar-refractivity contribution is 6.32. The topological polar surface area (TPSA) is 55.1 Å². The fraction of sp³-hybridized carbons (Fsp3) is 0.0952. The Kier molecular flexibility index (Phi) is 5.60. The summed E-state index contributed by atoms with van der Waals surface area (Å²) in [5.41, 5.74) is 4.76. The van der Waals surface area contributed by atoms with Crippen molar-refractivity contribution in [2.75, 3.05) is 5.43 Å². The Morgan fingerprint density at radius 3 is 2.68 bits per heavy atom. The van der Waals surface area contributed by atoms with Gasteiger partial charge in [0.05, 0.1) is 39.9 Å². The van der Waals surface area contributed by atoms with Crippen molar-refractivity contribution in [1.82, 2.24) is 14.8 Å². The number of hydrogen-bond acceptors (Lipinski definition) is 4. The minimum Gasteiger partial charge on any atom is -0.278 e. The van der Waals surface area contributed by atoms with E-state index in [4.69, 9.17) is 23.2 Å². The van der Waals surface area contributed by atoms with Gasteiger partial charge in [-0.25, -0.2) is 4.68 Å². The lowest BCUT2D eigenvalue weighted by atomic mass is 10.2. The minimum absolute atomic E-state index is 0.147. The second kappa shape index (κ2) is 8.20. The zero-order valence-corrected chi connectivity index (χ0v) is 17.5. The van der Waals surface area contributed by atoms with Crippen molar-refractivity contribution in [2.45, 2.75) is 13.1 Å². The van der Waals surface area contributed by atoms with Gasteiger partial charge in [-0.1, -0.05) is 29.3 Å². The highest BCUT2D eigenvalue weighted by atomic mass is 35.5. The van der Waals surface area contributed by atoms with Gasteiger partial charge in [0, 0.05) is 16.6 Å². The molecule has 0 spiro atoms. The Morgan fingerprint density at radius 2 is 1.90 bits per heavy atom. The van der Waals surface area contributed by atoms with Gasteiger partial charge < -0.3 is 0 Å². The van der Waals surface area contributed by atoms with Crippen LogP contribution in [0.5, 0.6) is 0 Å². The summed E-state index contributed by atoms with van der Waals surface area (Å²) in [6.45, 7) is 1.70. The third-order valence-electron chi connectivity index (χ3n) is 4.55. The number of anilines is 1. The molecule has 0 amide bonds. The lowest BCUT2D eigenvalue weighted by Crippen LogP contribution is -2.06. The van der Waals surface area contributed by atoms with Crippen LogP contribution < -0.4 is 5.43 Å². The van der Waals surface area contributed by atoms with Gasteiger partial charge in [0.1, 0.15) is 5.15 Å². The van der Waals surface area contributed by atoms with Crippen LogP contribution in [0.3, 0.4) is 0 Å². The molecule has 4 aromatic rings. The standard InChI is InChI=1S/C21H14Cl2F3N5/c1-12-17(11-28-29-18-7-8-27-19-10-14(22)5-6-16(18)19)20(23)31(30-12)15-4-2-3-13(9-15)21(24,25)26/h2-11H,1H3,(H,27,29)/b28-11-. The van der Waals surface area contributed by atoms with Gasteiger partial charge in [-0.2, -0.15) is 23.4 Å². The van der Waals surface area contributed by atoms with E-state index < -0.39 is 11.7 Å². The molecule has 0 fully saturated rings. The highest BCUT2D eigenvalue weighted by Crippen LogP contribution is 2.31. The molecule has 2 aromatic heterocycles. The maximum atomic E-state index is 13.0. The van der Waals surface area contributed by atoms with Crippen molar-refractivity contribution < 1.29 is 13.2 Å². The Hall–Kier alpha value is -3.10. The largest absolute Gasteiger partial charge is 0.416 e. The zero-order valence-electron chi connectivity index (χ0n) is 16.0. The molecule has 1 N–H and O–H groups in total. The van der Waals surface area contributed by atoms with Crippen LogP contribution in [0.15, 0.2) is 59.8 Å². The first-order valence-electron chi connectivity index (χ1n) is 9.00. The molecule has 158 valence electrons. The molecule has 0 saturated heterocycles. The third-order valence-corrected chi connectivity index (χ3v) is 5.15. The van der Waals surface area contributed by atoms with Crippen LogP contribution in [-0.2, 0) is 6.18 Å². The number of aryl methyl sites for hydroxylation is 1. The number of halogens is 5. The van der Waals surface area contributed by atoms with Gasteiger partial charge in [-0.05, 0) is 49.4 Å². The van der Waals surface area contributed by atoms with Crippen LogP contribution in [0.4, 0.5) is 18.9 Å². The molecule has 0 atom stereocenters. The molecule has 0 radical (unpaired) electrons. The number of rotatable bonds is 4. The van der Waals surface area contributed by atoms with Crippen molar-refractivity contribution in [2.24, 2.45) is 5.10 Å². The fourth-order valence-corrected chi connectivity index (χ4v) is 3.52. The van der Waals surface area contributed by atoms with E-state index in [0.717, 1.165) is 17.5 Å². The highest BCUT2D eigenvalue weighted by Gasteiger charge is 2.30. The number of alkyl halides is 3. The quantitative estimate of drug-likeness (QED) is 0.277. The summed E-state index contributed by atoms with van der Waals surface area (Å²) in [4.78, 5) is 4.27. The summed E-state index contributed by atoms with van der Waals surface area (Å²) in [6.07, 6.45) is -1.37. The first-order valence-corrected chi connectivity index (χ1v) is 9.76. The summed E-state index contributed by atoms with van der Waals surface area (Å²) < 4.78 is 40.3. The molecule has 0 unspecified atom stereocenters. The monoisotopic (exact) mass is 463 g/mol. The molecular formula is C21H14Cl2F3N5. The summed E-state index contributed by atoms with van der Waals surface area (Å²) in [5, 5.41) is 10.0. The lowest BCUT2D eigenvalue weighted by molar-refractivity contribution is -0.137. The fourth-order valence-electron chi connectivity index (χ4n) is 3.03. The predicted octanol–water partition coefficient (Wildman–Crippen LogP) is 6.50. The Balaban J connectivity index is 1.63. The summed E-state index contributed by atoms with van der Waals surface area (Å²) in [7, 11) is 0. The van der Waals surface area contributed by atoms with Crippen LogP contribution in [-0.4, -0.2) is 21.0 Å². The maximum Gasteiger partial charge on any atom is 0.416 e. The Morgan fingerprint density at radius 1 is 1.10 bits per heavy atom. The molecule has 0 aliphatic heterocycles. The molecular weight excluding hydrogens is 450 g/mol. The van der Waals surface area contributed by atoms with Gasteiger partial charge in [-0.15, -0.1) is 0 Å². The molecule has 0 bridgehead atoms. The van der Waals surface area contributed by atoms with Crippen LogP contribution >= 0.6 is 23.2 Å². The summed E-state index contributed by atoms with van der Waals surface area (Å²) in [5.74, 6) is 0. The molecule has 2 heterocycles. The van der Waals surface area contributed by atoms with E-state index in [1.165, 1.54) is 23.0 Å². The van der Waals surface area contributed by atoms with Gasteiger partial charge in [0.25, 0.3) is 0 Å². The van der Waals surface area contributed by atoms with Crippen molar-refractivity contribution >= 4 is 46.0 Å². The van der Waals surface area contributed by atoms with Crippen LogP contribution in [0.1, 0.15) is 16.8 Å². The maximum absolute atomic E-state index is 13.0. The molecule has 10 heteroatoms. The number of nitrogens with zero attached hydrogens (tertiary/aromatic N) is 4. The Bertz CT molecular complexity index is 1300. The average Bonchev–Trinajstić information content (AvgIpc) is 3.01. The zero-order chi connectivity index (χ0) is 22.2. The lowest BCUT2D eigenvalue weighted by Gasteiger charge is -2.09.